The Hall–Kier alpha value is -3.60. The van der Waals surface area contributed by atoms with E-state index in [1.807, 2.05) is 0 Å². The number of halogens is 4. The molecule has 3 atom stereocenters. The molecule has 1 aliphatic heterocycles. The molecule has 2 aromatic heterocycles. The Kier molecular flexibility index (Phi) is 5.23. The van der Waals surface area contributed by atoms with Crippen molar-refractivity contribution in [2.24, 2.45) is 5.92 Å². The van der Waals surface area contributed by atoms with Crippen molar-refractivity contribution in [2.45, 2.75) is 30.8 Å². The molecule has 1 N–H and O–H groups in total. The zero-order valence-corrected chi connectivity index (χ0v) is 17.5. The highest BCUT2D eigenvalue weighted by atomic mass is 19.4. The number of ether oxygens (including phenoxy) is 1. The first-order valence-corrected chi connectivity index (χ1v) is 10.5. The number of aliphatic hydroxyl groups is 1. The van der Waals surface area contributed by atoms with Crippen LogP contribution in [-0.4, -0.2) is 49.2 Å². The van der Waals surface area contributed by atoms with Gasteiger partial charge in [-0.1, -0.05) is 6.07 Å². The summed E-state index contributed by atoms with van der Waals surface area (Å²) in [5.74, 6) is -3.28. The van der Waals surface area contributed by atoms with Gasteiger partial charge in [-0.25, -0.2) is 19.3 Å². The summed E-state index contributed by atoms with van der Waals surface area (Å²) in [5, 5.41) is 11.2. The lowest BCUT2D eigenvalue weighted by Crippen LogP contribution is -2.56. The van der Waals surface area contributed by atoms with Gasteiger partial charge in [0.2, 0.25) is 11.7 Å². The molecule has 7 nitrogen and oxygen atoms in total. The summed E-state index contributed by atoms with van der Waals surface area (Å²) in [4.78, 5) is 26.6. The summed E-state index contributed by atoms with van der Waals surface area (Å²) in [5.41, 5.74) is -0.961. The molecule has 11 heteroatoms. The van der Waals surface area contributed by atoms with E-state index in [2.05, 4.69) is 15.0 Å². The van der Waals surface area contributed by atoms with Gasteiger partial charge in [0.05, 0.1) is 22.7 Å². The Morgan fingerprint density at radius 1 is 1.12 bits per heavy atom. The Balaban J connectivity index is 1.42. The average Bonchev–Trinajstić information content (AvgIpc) is 3.36. The van der Waals surface area contributed by atoms with E-state index in [0.717, 1.165) is 12.1 Å². The maximum Gasteiger partial charge on any atom is 0.417 e. The predicted octanol–water partition coefficient (Wildman–Crippen LogP) is 3.70. The van der Waals surface area contributed by atoms with Crippen molar-refractivity contribution >= 4 is 5.91 Å². The number of pyridine rings is 1. The number of amides is 1. The van der Waals surface area contributed by atoms with Gasteiger partial charge in [-0.2, -0.15) is 13.2 Å². The van der Waals surface area contributed by atoms with E-state index < -0.39 is 35.3 Å². The molecule has 3 heterocycles. The highest BCUT2D eigenvalue weighted by Gasteiger charge is 2.58. The lowest BCUT2D eigenvalue weighted by molar-refractivity contribution is -0.178. The molecule has 0 spiro atoms. The molecule has 3 unspecified atom stereocenters. The van der Waals surface area contributed by atoms with E-state index in [-0.39, 0.29) is 35.2 Å². The van der Waals surface area contributed by atoms with E-state index in [4.69, 9.17) is 4.74 Å². The number of carbonyl (C=O) groups is 1. The number of hydrogen-bond acceptors (Lipinski definition) is 6. The van der Waals surface area contributed by atoms with Gasteiger partial charge < -0.3 is 14.7 Å². The van der Waals surface area contributed by atoms with E-state index in [1.165, 1.54) is 35.5 Å². The van der Waals surface area contributed by atoms with Crippen molar-refractivity contribution in [2.75, 3.05) is 6.54 Å². The molecule has 176 valence electrons. The second-order valence-electron chi connectivity index (χ2n) is 8.34. The second-order valence-corrected chi connectivity index (χ2v) is 8.34. The molecule has 1 aromatic carbocycles. The van der Waals surface area contributed by atoms with Crippen LogP contribution < -0.4 is 4.74 Å². The van der Waals surface area contributed by atoms with Crippen molar-refractivity contribution < 1.29 is 32.2 Å². The SMILES string of the molecule is O=C(c1cccc(F)c1-c1ncccn1)N1CC2CC1C(O)(Oc1ccc(C(F)(F)F)cn1)C2. The molecule has 2 aliphatic rings. The zero-order chi connectivity index (χ0) is 24.1. The van der Waals surface area contributed by atoms with E-state index in [0.29, 0.717) is 19.2 Å². The third-order valence-corrected chi connectivity index (χ3v) is 6.13. The molecule has 2 fully saturated rings. The molecular weight excluding hydrogens is 456 g/mol. The van der Waals surface area contributed by atoms with Crippen LogP contribution in [0.25, 0.3) is 11.4 Å². The van der Waals surface area contributed by atoms with Gasteiger partial charge in [-0.15, -0.1) is 0 Å². The fourth-order valence-electron chi connectivity index (χ4n) is 4.68. The summed E-state index contributed by atoms with van der Waals surface area (Å²) in [6, 6.07) is 6.67. The lowest BCUT2D eigenvalue weighted by atomic mass is 10.0. The number of piperidine rings is 1. The monoisotopic (exact) mass is 474 g/mol. The Morgan fingerprint density at radius 3 is 2.53 bits per heavy atom. The minimum Gasteiger partial charge on any atom is -0.443 e. The average molecular weight is 474 g/mol. The molecule has 0 radical (unpaired) electrons. The fourth-order valence-corrected chi connectivity index (χ4v) is 4.68. The van der Waals surface area contributed by atoms with Crippen LogP contribution in [-0.2, 0) is 6.18 Å². The lowest BCUT2D eigenvalue weighted by Gasteiger charge is -2.39. The van der Waals surface area contributed by atoms with Crippen LogP contribution in [0.2, 0.25) is 0 Å². The molecule has 34 heavy (non-hydrogen) atoms. The van der Waals surface area contributed by atoms with Gasteiger partial charge in [0.1, 0.15) is 5.82 Å². The number of alkyl halides is 3. The third-order valence-electron chi connectivity index (χ3n) is 6.13. The quantitative estimate of drug-likeness (QED) is 0.458. The number of nitrogens with zero attached hydrogens (tertiary/aromatic N) is 4. The first kappa shape index (κ1) is 22.2. The van der Waals surface area contributed by atoms with Crippen LogP contribution in [0, 0.1) is 11.7 Å². The van der Waals surface area contributed by atoms with Crippen LogP contribution >= 0.6 is 0 Å². The first-order valence-electron chi connectivity index (χ1n) is 10.5. The topological polar surface area (TPSA) is 88.4 Å². The van der Waals surface area contributed by atoms with E-state index in [1.54, 1.807) is 6.07 Å². The van der Waals surface area contributed by atoms with Crippen LogP contribution in [0.3, 0.4) is 0 Å². The van der Waals surface area contributed by atoms with Crippen LogP contribution in [0.4, 0.5) is 17.6 Å². The maximum atomic E-state index is 14.7. The highest BCUT2D eigenvalue weighted by Crippen LogP contribution is 2.46. The number of hydrogen-bond donors (Lipinski definition) is 1. The standard InChI is InChI=1S/C23H18F4N4O3/c24-16-4-1-3-15(19(16)20-28-7-2-8-29-20)21(32)31-12-13-9-17(31)22(33,10-13)34-18-6-5-14(11-30-18)23(25,26)27/h1-8,11,13,17,33H,9-10,12H2. The summed E-state index contributed by atoms with van der Waals surface area (Å²) in [6.07, 6.45) is -0.455. The van der Waals surface area contributed by atoms with Crippen molar-refractivity contribution in [1.29, 1.82) is 0 Å². The van der Waals surface area contributed by atoms with Crippen LogP contribution in [0.5, 0.6) is 5.88 Å². The number of benzene rings is 1. The number of rotatable bonds is 4. The van der Waals surface area contributed by atoms with Crippen LogP contribution in [0.1, 0.15) is 28.8 Å². The van der Waals surface area contributed by atoms with E-state index >= 15 is 0 Å². The zero-order valence-electron chi connectivity index (χ0n) is 17.5. The predicted molar refractivity (Wildman–Crippen MR) is 110 cm³/mol. The van der Waals surface area contributed by atoms with Gasteiger partial charge >= 0.3 is 6.18 Å². The largest absolute Gasteiger partial charge is 0.443 e. The van der Waals surface area contributed by atoms with Crippen molar-refractivity contribution in [1.82, 2.24) is 19.9 Å². The molecule has 3 aromatic rings. The minimum absolute atomic E-state index is 0.0359. The maximum absolute atomic E-state index is 14.7. The van der Waals surface area contributed by atoms with Crippen molar-refractivity contribution in [3.05, 3.63) is 71.9 Å². The number of likely N-dealkylation sites (tertiary alicyclic amines) is 1. The minimum atomic E-state index is -4.55. The van der Waals surface area contributed by atoms with Gasteiger partial charge in [-0.3, -0.25) is 4.79 Å². The second kappa shape index (κ2) is 8.01. The summed E-state index contributed by atoms with van der Waals surface area (Å²) in [6.45, 7) is 0.321. The van der Waals surface area contributed by atoms with Crippen LogP contribution in [0.15, 0.2) is 55.0 Å². The van der Waals surface area contributed by atoms with Gasteiger partial charge in [0, 0.05) is 37.6 Å². The molecular formula is C23H18F4N4O3. The third kappa shape index (κ3) is 3.85. The molecule has 1 saturated heterocycles. The molecule has 1 aliphatic carbocycles. The van der Waals surface area contributed by atoms with Gasteiger partial charge in [0.25, 0.3) is 5.91 Å². The number of aromatic nitrogens is 3. The molecule has 1 saturated carbocycles. The highest BCUT2D eigenvalue weighted by molar-refractivity contribution is 6.00. The molecule has 1 amide bonds. The normalized spacial score (nSPS) is 23.9. The smallest absolute Gasteiger partial charge is 0.417 e. The number of carbonyl (C=O) groups excluding carboxylic acids is 1. The van der Waals surface area contributed by atoms with Crippen molar-refractivity contribution in [3.63, 3.8) is 0 Å². The van der Waals surface area contributed by atoms with Crippen molar-refractivity contribution in [3.8, 4) is 17.3 Å². The molecule has 2 bridgehead atoms. The summed E-state index contributed by atoms with van der Waals surface area (Å²) >= 11 is 0. The fraction of sp³-hybridized carbons (Fsp3) is 0.304. The Labute approximate surface area is 191 Å². The van der Waals surface area contributed by atoms with Gasteiger partial charge in [-0.05, 0) is 36.6 Å². The summed E-state index contributed by atoms with van der Waals surface area (Å²) < 4.78 is 58.7. The Bertz CT molecular complexity index is 1220. The first-order chi connectivity index (χ1) is 16.2. The van der Waals surface area contributed by atoms with E-state index in [9.17, 15) is 27.5 Å². The number of fused-ring (bicyclic) bond motifs is 2. The molecule has 5 rings (SSSR count). The van der Waals surface area contributed by atoms with Gasteiger partial charge in [0.15, 0.2) is 5.82 Å². The summed E-state index contributed by atoms with van der Waals surface area (Å²) in [7, 11) is 0. The Morgan fingerprint density at radius 2 is 1.88 bits per heavy atom.